The number of aromatic carboxylic acids is 1. The number of halogens is 6. The molecule has 0 heterocycles. The van der Waals surface area contributed by atoms with Gasteiger partial charge in [0.15, 0.2) is 0 Å². The third-order valence-electron chi connectivity index (χ3n) is 6.95. The normalized spacial score (nSPS) is 18.7. The van der Waals surface area contributed by atoms with Gasteiger partial charge in [0.25, 0.3) is 0 Å². The van der Waals surface area contributed by atoms with Crippen molar-refractivity contribution in [3.63, 3.8) is 0 Å². The summed E-state index contributed by atoms with van der Waals surface area (Å²) in [6, 6.07) is 5.12. The van der Waals surface area contributed by atoms with E-state index in [4.69, 9.17) is 5.11 Å². The molecule has 0 unspecified atom stereocenters. The lowest BCUT2D eigenvalue weighted by molar-refractivity contribution is -0.143. The molecule has 1 aliphatic rings. The van der Waals surface area contributed by atoms with Crippen molar-refractivity contribution in [1.29, 1.82) is 0 Å². The third-order valence-corrected chi connectivity index (χ3v) is 6.95. The number of amides is 2. The van der Waals surface area contributed by atoms with Crippen LogP contribution in [-0.2, 0) is 18.9 Å². The Morgan fingerprint density at radius 1 is 0.868 bits per heavy atom. The first kappa shape index (κ1) is 29.3. The average molecular weight is 545 g/mol. The standard InChI is InChI=1S/C27H30F6N2O3/c1-25(2,3)18-8-10-21(11-9-18)34-24(38)35(15-16-4-6-17(7-5-16)23(36)37)22-13-19(26(28,29)30)12-20(14-22)27(31,32)33/h4-7,12-14,18,21H,8-11,15H2,1-3H3,(H,34,38)(H,36,37)/t18-,21-. The topological polar surface area (TPSA) is 69.6 Å². The Balaban J connectivity index is 1.96. The van der Waals surface area contributed by atoms with Crippen LogP contribution in [0, 0.1) is 11.3 Å². The molecule has 1 fully saturated rings. The van der Waals surface area contributed by atoms with Crippen molar-refractivity contribution in [1.82, 2.24) is 5.32 Å². The minimum Gasteiger partial charge on any atom is -0.478 e. The van der Waals surface area contributed by atoms with Crippen LogP contribution in [0.15, 0.2) is 42.5 Å². The second-order valence-corrected chi connectivity index (χ2v) is 10.7. The predicted molar refractivity (Wildman–Crippen MR) is 130 cm³/mol. The number of nitrogens with one attached hydrogen (secondary N) is 1. The highest BCUT2D eigenvalue weighted by molar-refractivity contribution is 5.92. The van der Waals surface area contributed by atoms with Gasteiger partial charge in [0.05, 0.1) is 23.2 Å². The number of alkyl halides is 6. The summed E-state index contributed by atoms with van der Waals surface area (Å²) in [7, 11) is 0. The van der Waals surface area contributed by atoms with Gasteiger partial charge in [-0.2, -0.15) is 26.3 Å². The first-order chi connectivity index (χ1) is 17.4. The van der Waals surface area contributed by atoms with Crippen molar-refractivity contribution in [2.24, 2.45) is 11.3 Å². The van der Waals surface area contributed by atoms with E-state index in [1.807, 2.05) is 0 Å². The smallest absolute Gasteiger partial charge is 0.416 e. The molecule has 11 heteroatoms. The second kappa shape index (κ2) is 10.9. The molecule has 0 spiro atoms. The number of carbonyl (C=O) groups is 2. The highest BCUT2D eigenvalue weighted by Crippen LogP contribution is 2.40. The fourth-order valence-electron chi connectivity index (χ4n) is 4.67. The van der Waals surface area contributed by atoms with Gasteiger partial charge >= 0.3 is 24.4 Å². The van der Waals surface area contributed by atoms with E-state index in [2.05, 4.69) is 26.1 Å². The van der Waals surface area contributed by atoms with E-state index in [0.29, 0.717) is 36.5 Å². The zero-order valence-electron chi connectivity index (χ0n) is 21.2. The number of carboxylic acids is 1. The Kier molecular flexibility index (Phi) is 8.38. The Labute approximate surface area is 216 Å². The van der Waals surface area contributed by atoms with Crippen LogP contribution in [0.1, 0.15) is 73.5 Å². The molecule has 5 nitrogen and oxygen atoms in total. The lowest BCUT2D eigenvalue weighted by Crippen LogP contribution is -2.46. The van der Waals surface area contributed by atoms with Gasteiger partial charge < -0.3 is 10.4 Å². The Morgan fingerprint density at radius 2 is 1.37 bits per heavy atom. The van der Waals surface area contributed by atoms with E-state index in [9.17, 15) is 35.9 Å². The maximum absolute atomic E-state index is 13.5. The van der Waals surface area contributed by atoms with E-state index in [1.165, 1.54) is 24.3 Å². The maximum Gasteiger partial charge on any atom is 0.416 e. The van der Waals surface area contributed by atoms with Gasteiger partial charge in [0, 0.05) is 11.7 Å². The summed E-state index contributed by atoms with van der Waals surface area (Å²) >= 11 is 0. The molecule has 0 atom stereocenters. The molecule has 0 aromatic heterocycles. The third kappa shape index (κ3) is 7.41. The van der Waals surface area contributed by atoms with Gasteiger partial charge in [-0.15, -0.1) is 0 Å². The Morgan fingerprint density at radius 3 is 1.79 bits per heavy atom. The van der Waals surface area contributed by atoms with Crippen LogP contribution in [0.25, 0.3) is 0 Å². The molecule has 2 N–H and O–H groups in total. The Hall–Kier alpha value is -3.24. The monoisotopic (exact) mass is 544 g/mol. The summed E-state index contributed by atoms with van der Waals surface area (Å²) in [4.78, 5) is 25.3. The molecule has 3 rings (SSSR count). The zero-order valence-corrected chi connectivity index (χ0v) is 21.2. The fourth-order valence-corrected chi connectivity index (χ4v) is 4.67. The summed E-state index contributed by atoms with van der Waals surface area (Å²) in [5.74, 6) is -0.776. The molecular weight excluding hydrogens is 514 g/mol. The van der Waals surface area contributed by atoms with Crippen LogP contribution in [0.2, 0.25) is 0 Å². The number of nitrogens with zero attached hydrogens (tertiary/aromatic N) is 1. The van der Waals surface area contributed by atoms with Gasteiger partial charge in [-0.3, -0.25) is 4.90 Å². The van der Waals surface area contributed by atoms with Gasteiger partial charge in [0.1, 0.15) is 0 Å². The van der Waals surface area contributed by atoms with Gasteiger partial charge in [0.2, 0.25) is 0 Å². The maximum atomic E-state index is 13.5. The molecule has 1 aliphatic carbocycles. The SMILES string of the molecule is CC(C)(C)[C@H]1CC[C@H](NC(=O)N(Cc2ccc(C(=O)O)cc2)c2cc(C(F)(F)F)cc(C(F)(F)F)c2)CC1. The molecule has 0 aliphatic heterocycles. The minimum absolute atomic E-state index is 0.00894. The quantitative estimate of drug-likeness (QED) is 0.378. The molecule has 1 saturated carbocycles. The number of hydrogen-bond donors (Lipinski definition) is 2. The number of benzene rings is 2. The first-order valence-corrected chi connectivity index (χ1v) is 12.1. The van der Waals surface area contributed by atoms with E-state index in [0.717, 1.165) is 17.7 Å². The largest absolute Gasteiger partial charge is 0.478 e. The van der Waals surface area contributed by atoms with Gasteiger partial charge in [-0.1, -0.05) is 32.9 Å². The van der Waals surface area contributed by atoms with Crippen molar-refractivity contribution in [3.05, 3.63) is 64.7 Å². The van der Waals surface area contributed by atoms with Crippen LogP contribution in [0.5, 0.6) is 0 Å². The van der Waals surface area contributed by atoms with Crippen LogP contribution >= 0.6 is 0 Å². The average Bonchev–Trinajstić information content (AvgIpc) is 2.81. The molecule has 2 aromatic rings. The fraction of sp³-hybridized carbons (Fsp3) is 0.481. The van der Waals surface area contributed by atoms with E-state index in [1.54, 1.807) is 0 Å². The van der Waals surface area contributed by atoms with E-state index in [-0.39, 0.29) is 29.6 Å². The molecule has 0 saturated heterocycles. The molecule has 0 bridgehead atoms. The number of urea groups is 1. The summed E-state index contributed by atoms with van der Waals surface area (Å²) in [5.41, 5.74) is -3.30. The molecule has 2 aromatic carbocycles. The zero-order chi connectivity index (χ0) is 28.5. The summed E-state index contributed by atoms with van der Waals surface area (Å²) in [5, 5.41) is 11.9. The Bertz CT molecular complexity index is 1110. The number of hydrogen-bond acceptors (Lipinski definition) is 2. The van der Waals surface area contributed by atoms with E-state index < -0.39 is 41.2 Å². The van der Waals surface area contributed by atoms with Crippen LogP contribution < -0.4 is 10.2 Å². The number of anilines is 1. The van der Waals surface area contributed by atoms with Crippen molar-refractivity contribution in [2.45, 2.75) is 71.4 Å². The highest BCUT2D eigenvalue weighted by atomic mass is 19.4. The first-order valence-electron chi connectivity index (χ1n) is 12.1. The number of carbonyl (C=O) groups excluding carboxylic acids is 1. The van der Waals surface area contributed by atoms with Crippen molar-refractivity contribution in [3.8, 4) is 0 Å². The highest BCUT2D eigenvalue weighted by Gasteiger charge is 2.38. The van der Waals surface area contributed by atoms with Gasteiger partial charge in [-0.05, 0) is 72.9 Å². The summed E-state index contributed by atoms with van der Waals surface area (Å²) < 4.78 is 81.1. The van der Waals surface area contributed by atoms with Crippen molar-refractivity contribution in [2.75, 3.05) is 4.90 Å². The summed E-state index contributed by atoms with van der Waals surface area (Å²) in [6.07, 6.45) is -7.24. The molecule has 0 radical (unpaired) electrons. The van der Waals surface area contributed by atoms with E-state index >= 15 is 0 Å². The number of rotatable bonds is 5. The second-order valence-electron chi connectivity index (χ2n) is 10.7. The molecular formula is C27H30F6N2O3. The lowest BCUT2D eigenvalue weighted by atomic mass is 9.71. The number of carboxylic acid groups (broad SMARTS) is 1. The minimum atomic E-state index is -5.08. The lowest BCUT2D eigenvalue weighted by Gasteiger charge is -2.37. The molecule has 2 amide bonds. The molecule has 208 valence electrons. The van der Waals surface area contributed by atoms with Gasteiger partial charge in [-0.25, -0.2) is 9.59 Å². The van der Waals surface area contributed by atoms with Crippen molar-refractivity contribution < 1.29 is 41.0 Å². The van der Waals surface area contributed by atoms with Crippen LogP contribution in [0.3, 0.4) is 0 Å². The van der Waals surface area contributed by atoms with Crippen molar-refractivity contribution >= 4 is 17.7 Å². The molecule has 38 heavy (non-hydrogen) atoms. The predicted octanol–water partition coefficient (Wildman–Crippen LogP) is 7.74. The van der Waals surface area contributed by atoms with Crippen LogP contribution in [-0.4, -0.2) is 23.1 Å². The van der Waals surface area contributed by atoms with Crippen LogP contribution in [0.4, 0.5) is 36.8 Å². The summed E-state index contributed by atoms with van der Waals surface area (Å²) in [6.45, 7) is 6.00.